The molecule has 0 saturated carbocycles. The maximum atomic E-state index is 12.7. The number of hydrogen-bond donors (Lipinski definition) is 2. The largest absolute Gasteiger partial charge is 0.396 e. The van der Waals surface area contributed by atoms with Crippen LogP contribution in [0.1, 0.15) is 36.0 Å². The summed E-state index contributed by atoms with van der Waals surface area (Å²) in [7, 11) is -3.61. The summed E-state index contributed by atoms with van der Waals surface area (Å²) >= 11 is 6.02. The van der Waals surface area contributed by atoms with Gasteiger partial charge in [0, 0.05) is 26.2 Å². The average molecular weight is 361 g/mol. The molecular weight excluding hydrogens is 340 g/mol. The summed E-state index contributed by atoms with van der Waals surface area (Å²) in [6, 6.07) is 4.18. The van der Waals surface area contributed by atoms with E-state index in [2.05, 4.69) is 5.32 Å². The minimum atomic E-state index is -3.61. The number of benzene rings is 1. The van der Waals surface area contributed by atoms with Crippen molar-refractivity contribution >= 4 is 27.5 Å². The fraction of sp³-hybridized carbons (Fsp3) is 0.533. The molecule has 0 unspecified atom stereocenters. The molecule has 1 saturated heterocycles. The topological polar surface area (TPSA) is 86.7 Å². The van der Waals surface area contributed by atoms with Crippen molar-refractivity contribution in [1.82, 2.24) is 9.62 Å². The lowest BCUT2D eigenvalue weighted by Gasteiger charge is -2.26. The molecule has 1 aliphatic rings. The van der Waals surface area contributed by atoms with Crippen LogP contribution in [0.3, 0.4) is 0 Å². The molecule has 0 aliphatic carbocycles. The molecule has 0 bridgehead atoms. The molecule has 0 spiro atoms. The first-order valence-corrected chi connectivity index (χ1v) is 9.47. The Morgan fingerprint density at radius 1 is 1.26 bits per heavy atom. The molecular formula is C15H21ClN2O4S. The lowest BCUT2D eigenvalue weighted by atomic mass is 10.2. The van der Waals surface area contributed by atoms with Crippen LogP contribution in [0.5, 0.6) is 0 Å². The van der Waals surface area contributed by atoms with E-state index in [-0.39, 0.29) is 22.1 Å². The third-order valence-electron chi connectivity index (χ3n) is 3.76. The van der Waals surface area contributed by atoms with E-state index >= 15 is 0 Å². The Balaban J connectivity index is 2.23. The van der Waals surface area contributed by atoms with Crippen molar-refractivity contribution in [3.63, 3.8) is 0 Å². The Hall–Kier alpha value is -1.15. The van der Waals surface area contributed by atoms with Crippen molar-refractivity contribution in [3.8, 4) is 0 Å². The first kappa shape index (κ1) is 18.2. The minimum absolute atomic E-state index is 0.0304. The molecule has 1 aromatic carbocycles. The smallest absolute Gasteiger partial charge is 0.252 e. The number of sulfonamides is 1. The molecule has 0 radical (unpaired) electrons. The second kappa shape index (κ2) is 8.10. The number of piperidine rings is 1. The van der Waals surface area contributed by atoms with Crippen LogP contribution in [0.15, 0.2) is 23.1 Å². The monoisotopic (exact) mass is 360 g/mol. The van der Waals surface area contributed by atoms with Crippen molar-refractivity contribution in [2.45, 2.75) is 30.6 Å². The van der Waals surface area contributed by atoms with Crippen LogP contribution in [-0.2, 0) is 10.0 Å². The molecule has 128 valence electrons. The predicted molar refractivity (Wildman–Crippen MR) is 88.1 cm³/mol. The third-order valence-corrected chi connectivity index (χ3v) is 5.98. The van der Waals surface area contributed by atoms with E-state index < -0.39 is 15.9 Å². The molecule has 6 nitrogen and oxygen atoms in total. The van der Waals surface area contributed by atoms with Crippen LogP contribution < -0.4 is 5.32 Å². The van der Waals surface area contributed by atoms with Gasteiger partial charge in [-0.15, -0.1) is 0 Å². The normalized spacial score (nSPS) is 16.3. The van der Waals surface area contributed by atoms with Crippen LogP contribution >= 0.6 is 11.6 Å². The Morgan fingerprint density at radius 3 is 2.61 bits per heavy atom. The number of aliphatic hydroxyl groups is 1. The Kier molecular flexibility index (Phi) is 6.41. The van der Waals surface area contributed by atoms with E-state index in [1.54, 1.807) is 0 Å². The van der Waals surface area contributed by atoms with E-state index in [1.807, 2.05) is 0 Å². The van der Waals surface area contributed by atoms with Gasteiger partial charge in [0.2, 0.25) is 10.0 Å². The zero-order valence-corrected chi connectivity index (χ0v) is 14.4. The molecule has 8 heteroatoms. The predicted octanol–water partition coefficient (Wildman–Crippen LogP) is 1.63. The van der Waals surface area contributed by atoms with Crippen LogP contribution in [0.2, 0.25) is 5.02 Å². The number of amides is 1. The van der Waals surface area contributed by atoms with Crippen molar-refractivity contribution in [2.75, 3.05) is 26.2 Å². The second-order valence-corrected chi connectivity index (χ2v) is 7.78. The number of hydrogen-bond acceptors (Lipinski definition) is 4. The lowest BCUT2D eigenvalue weighted by molar-refractivity contribution is 0.0951. The van der Waals surface area contributed by atoms with Gasteiger partial charge in [0.05, 0.1) is 15.5 Å². The number of nitrogens with zero attached hydrogens (tertiary/aromatic N) is 1. The van der Waals surface area contributed by atoms with Crippen LogP contribution in [0, 0.1) is 0 Å². The summed E-state index contributed by atoms with van der Waals surface area (Å²) in [6.45, 7) is 1.28. The minimum Gasteiger partial charge on any atom is -0.396 e. The molecule has 0 atom stereocenters. The van der Waals surface area contributed by atoms with E-state index in [0.717, 1.165) is 19.3 Å². The average Bonchev–Trinajstić information content (AvgIpc) is 2.56. The van der Waals surface area contributed by atoms with E-state index in [9.17, 15) is 13.2 Å². The van der Waals surface area contributed by atoms with Gasteiger partial charge >= 0.3 is 0 Å². The van der Waals surface area contributed by atoms with Crippen molar-refractivity contribution < 1.29 is 18.3 Å². The van der Waals surface area contributed by atoms with E-state index in [4.69, 9.17) is 16.7 Å². The van der Waals surface area contributed by atoms with Gasteiger partial charge in [0.1, 0.15) is 0 Å². The molecule has 2 rings (SSSR count). The molecule has 1 aromatic rings. The first-order chi connectivity index (χ1) is 11.0. The summed E-state index contributed by atoms with van der Waals surface area (Å²) in [5.41, 5.74) is 0.127. The van der Waals surface area contributed by atoms with Gasteiger partial charge in [-0.3, -0.25) is 4.79 Å². The molecule has 1 heterocycles. The maximum Gasteiger partial charge on any atom is 0.252 e. The number of aliphatic hydroxyl groups excluding tert-OH is 1. The fourth-order valence-corrected chi connectivity index (χ4v) is 4.22. The standard InChI is InChI=1S/C15H21ClN2O4S/c16-14-6-5-12(11-13(14)15(20)17-7-4-10-19)23(21,22)18-8-2-1-3-9-18/h5-6,11,19H,1-4,7-10H2,(H,17,20). The number of carbonyl (C=O) groups is 1. The van der Waals surface area contributed by atoms with E-state index in [1.165, 1.54) is 22.5 Å². The van der Waals surface area contributed by atoms with Crippen LogP contribution in [-0.4, -0.2) is 50.0 Å². The van der Waals surface area contributed by atoms with Crippen molar-refractivity contribution in [3.05, 3.63) is 28.8 Å². The highest BCUT2D eigenvalue weighted by atomic mass is 35.5. The molecule has 23 heavy (non-hydrogen) atoms. The highest BCUT2D eigenvalue weighted by Gasteiger charge is 2.27. The molecule has 2 N–H and O–H groups in total. The summed E-state index contributed by atoms with van der Waals surface area (Å²) < 4.78 is 26.8. The second-order valence-electron chi connectivity index (χ2n) is 5.44. The Bertz CT molecular complexity index is 657. The number of rotatable bonds is 6. The summed E-state index contributed by atoms with van der Waals surface area (Å²) in [6.07, 6.45) is 3.16. The molecule has 1 aliphatic heterocycles. The van der Waals surface area contributed by atoms with Gasteiger partial charge in [-0.25, -0.2) is 8.42 Å². The van der Waals surface area contributed by atoms with Crippen LogP contribution in [0.25, 0.3) is 0 Å². The lowest BCUT2D eigenvalue weighted by Crippen LogP contribution is -2.35. The van der Waals surface area contributed by atoms with Gasteiger partial charge in [-0.05, 0) is 37.5 Å². The van der Waals surface area contributed by atoms with Gasteiger partial charge in [-0.1, -0.05) is 18.0 Å². The van der Waals surface area contributed by atoms with Crippen molar-refractivity contribution in [1.29, 1.82) is 0 Å². The van der Waals surface area contributed by atoms with Gasteiger partial charge in [0.25, 0.3) is 5.91 Å². The third kappa shape index (κ3) is 4.44. The number of halogens is 1. The summed E-state index contributed by atoms with van der Waals surface area (Å²) in [4.78, 5) is 12.2. The first-order valence-electron chi connectivity index (χ1n) is 7.65. The van der Waals surface area contributed by atoms with E-state index in [0.29, 0.717) is 26.1 Å². The Labute approximate surface area is 141 Å². The summed E-state index contributed by atoms with van der Waals surface area (Å²) in [5, 5.41) is 11.5. The quantitative estimate of drug-likeness (QED) is 0.755. The van der Waals surface area contributed by atoms with Gasteiger partial charge < -0.3 is 10.4 Å². The molecule has 1 amide bonds. The summed E-state index contributed by atoms with van der Waals surface area (Å²) in [5.74, 6) is -0.445. The molecule has 0 aromatic heterocycles. The van der Waals surface area contributed by atoms with Gasteiger partial charge in [0.15, 0.2) is 0 Å². The fourth-order valence-electron chi connectivity index (χ4n) is 2.47. The number of nitrogens with one attached hydrogen (secondary N) is 1. The SMILES string of the molecule is O=C(NCCCO)c1cc(S(=O)(=O)N2CCCCC2)ccc1Cl. The van der Waals surface area contributed by atoms with Gasteiger partial charge in [-0.2, -0.15) is 4.31 Å². The zero-order chi connectivity index (χ0) is 16.9. The van der Waals surface area contributed by atoms with Crippen molar-refractivity contribution in [2.24, 2.45) is 0 Å². The number of carbonyl (C=O) groups excluding carboxylic acids is 1. The maximum absolute atomic E-state index is 12.7. The highest BCUT2D eigenvalue weighted by Crippen LogP contribution is 2.25. The van der Waals surface area contributed by atoms with Crippen LogP contribution in [0.4, 0.5) is 0 Å². The Morgan fingerprint density at radius 2 is 1.96 bits per heavy atom. The molecule has 1 fully saturated rings. The zero-order valence-electron chi connectivity index (χ0n) is 12.8. The highest BCUT2D eigenvalue weighted by molar-refractivity contribution is 7.89.